The smallest absolute Gasteiger partial charge is 0.280 e. The van der Waals surface area contributed by atoms with Crippen LogP contribution in [0.15, 0.2) is 0 Å². The molecule has 0 aromatic rings. The van der Waals surface area contributed by atoms with Crippen molar-refractivity contribution in [2.75, 3.05) is 139 Å². The molecular formula is C32H66O12. The summed E-state index contributed by atoms with van der Waals surface area (Å²) in [6, 6.07) is 0. The van der Waals surface area contributed by atoms with Gasteiger partial charge in [0.2, 0.25) is 0 Å². The zero-order chi connectivity index (χ0) is 32.1. The summed E-state index contributed by atoms with van der Waals surface area (Å²) in [5.74, 6) is -1.26. The number of unbranched alkanes of at least 4 members (excludes halogenated alkanes) is 3. The molecule has 0 N–H and O–H groups in total. The molecule has 0 rings (SSSR count). The molecule has 0 fully saturated rings. The van der Waals surface area contributed by atoms with Gasteiger partial charge in [0.15, 0.2) is 0 Å². The number of ether oxygens (including phenoxy) is 12. The van der Waals surface area contributed by atoms with E-state index in [4.69, 9.17) is 56.8 Å². The third-order valence-corrected chi connectivity index (χ3v) is 5.93. The molecule has 266 valence electrons. The lowest BCUT2D eigenvalue weighted by Crippen LogP contribution is -2.39. The van der Waals surface area contributed by atoms with Crippen molar-refractivity contribution in [2.24, 2.45) is 0 Å². The second-order valence-electron chi connectivity index (χ2n) is 9.98. The van der Waals surface area contributed by atoms with E-state index in [1.807, 2.05) is 0 Å². The quantitative estimate of drug-likeness (QED) is 0.0706. The summed E-state index contributed by atoms with van der Waals surface area (Å²) in [5, 5.41) is 0. The monoisotopic (exact) mass is 642 g/mol. The maximum atomic E-state index is 5.89. The molecule has 12 heteroatoms. The lowest BCUT2D eigenvalue weighted by atomic mass is 10.4. The second-order valence-corrected chi connectivity index (χ2v) is 9.98. The van der Waals surface area contributed by atoms with Crippen molar-refractivity contribution in [2.45, 2.75) is 72.2 Å². The van der Waals surface area contributed by atoms with Crippen LogP contribution in [0, 0.1) is 0 Å². The summed E-state index contributed by atoms with van der Waals surface area (Å²) in [7, 11) is 0. The average molecular weight is 643 g/mol. The van der Waals surface area contributed by atoms with Crippen LogP contribution in [0.2, 0.25) is 0 Å². The molecule has 0 aliphatic heterocycles. The summed E-state index contributed by atoms with van der Waals surface area (Å²) >= 11 is 0. The Morgan fingerprint density at radius 2 is 0.455 bits per heavy atom. The zero-order valence-electron chi connectivity index (χ0n) is 28.5. The van der Waals surface area contributed by atoms with Gasteiger partial charge in [-0.05, 0) is 19.3 Å². The maximum absolute atomic E-state index is 5.89. The molecule has 44 heavy (non-hydrogen) atoms. The summed E-state index contributed by atoms with van der Waals surface area (Å²) in [6.07, 6.45) is 6.61. The van der Waals surface area contributed by atoms with Gasteiger partial charge in [0.1, 0.15) is 0 Å². The topological polar surface area (TPSA) is 111 Å². The second kappa shape index (κ2) is 37.0. The molecule has 0 aromatic heterocycles. The fraction of sp³-hybridized carbons (Fsp3) is 1.00. The predicted molar refractivity (Wildman–Crippen MR) is 168 cm³/mol. The van der Waals surface area contributed by atoms with Crippen LogP contribution in [0.25, 0.3) is 0 Å². The molecule has 0 aliphatic rings. The number of rotatable bonds is 39. The first-order valence-electron chi connectivity index (χ1n) is 16.8. The third kappa shape index (κ3) is 34.4. The number of hydrogen-bond acceptors (Lipinski definition) is 12. The molecule has 0 aliphatic carbocycles. The molecule has 0 aromatic carbocycles. The van der Waals surface area contributed by atoms with Crippen LogP contribution >= 0.6 is 0 Å². The molecular weight excluding hydrogens is 576 g/mol. The minimum Gasteiger partial charge on any atom is -0.379 e. The van der Waals surface area contributed by atoms with Gasteiger partial charge in [-0.3, -0.25) is 0 Å². The van der Waals surface area contributed by atoms with Crippen LogP contribution in [0.1, 0.15) is 66.2 Å². The first-order valence-corrected chi connectivity index (χ1v) is 16.8. The van der Waals surface area contributed by atoms with Gasteiger partial charge in [-0.1, -0.05) is 40.0 Å². The SMILES string of the molecule is CCCCOCCOCCOCCOC(C)(OCCOCCOCCOCCCC)OCCOCCOCCOCCCC. The van der Waals surface area contributed by atoms with E-state index in [0.717, 1.165) is 58.3 Å². The highest BCUT2D eigenvalue weighted by Gasteiger charge is 2.27. The minimum absolute atomic E-state index is 0.292. The van der Waals surface area contributed by atoms with E-state index in [1.54, 1.807) is 6.92 Å². The molecule has 0 saturated carbocycles. The van der Waals surface area contributed by atoms with Crippen LogP contribution in [0.4, 0.5) is 0 Å². The standard InChI is InChI=1S/C32H66O12/c1-5-8-11-33-14-17-36-20-23-39-26-29-42-32(4,43-30-27-40-24-21-37-18-15-34-12-9-6-2)44-31-28-41-25-22-38-19-16-35-13-10-7-3/h5-31H2,1-4H3. The maximum Gasteiger partial charge on any atom is 0.280 e. The van der Waals surface area contributed by atoms with E-state index in [2.05, 4.69) is 20.8 Å². The van der Waals surface area contributed by atoms with Gasteiger partial charge in [0.05, 0.1) is 119 Å². The third-order valence-electron chi connectivity index (χ3n) is 5.93. The Hall–Kier alpha value is -0.480. The van der Waals surface area contributed by atoms with Gasteiger partial charge < -0.3 is 56.8 Å². The molecule has 0 bridgehead atoms. The highest BCUT2D eigenvalue weighted by Crippen LogP contribution is 2.14. The lowest BCUT2D eigenvalue weighted by Gasteiger charge is -2.29. The van der Waals surface area contributed by atoms with Gasteiger partial charge >= 0.3 is 0 Å². The minimum atomic E-state index is -1.26. The van der Waals surface area contributed by atoms with E-state index in [0.29, 0.717) is 119 Å². The first kappa shape index (κ1) is 43.5. The van der Waals surface area contributed by atoms with Crippen LogP contribution < -0.4 is 0 Å². The normalized spacial score (nSPS) is 12.0. The molecule has 0 radical (unpaired) electrons. The Balaban J connectivity index is 4.06. The molecule has 0 unspecified atom stereocenters. The van der Waals surface area contributed by atoms with Crippen LogP contribution in [0.3, 0.4) is 0 Å². The van der Waals surface area contributed by atoms with Gasteiger partial charge in [-0.15, -0.1) is 0 Å². The zero-order valence-corrected chi connectivity index (χ0v) is 28.5. The average Bonchev–Trinajstić information content (AvgIpc) is 3.02. The van der Waals surface area contributed by atoms with Crippen molar-refractivity contribution in [3.05, 3.63) is 0 Å². The molecule has 12 nitrogen and oxygen atoms in total. The van der Waals surface area contributed by atoms with Crippen molar-refractivity contribution in [3.63, 3.8) is 0 Å². The van der Waals surface area contributed by atoms with Crippen LogP contribution in [-0.4, -0.2) is 145 Å². The Morgan fingerprint density at radius 1 is 0.273 bits per heavy atom. The van der Waals surface area contributed by atoms with Gasteiger partial charge in [0.25, 0.3) is 5.97 Å². The predicted octanol–water partition coefficient (Wildman–Crippen LogP) is 4.26. The highest BCUT2D eigenvalue weighted by molar-refractivity contribution is 4.51. The highest BCUT2D eigenvalue weighted by atomic mass is 16.9. The van der Waals surface area contributed by atoms with Gasteiger partial charge in [-0.25, -0.2) is 0 Å². The van der Waals surface area contributed by atoms with Crippen molar-refractivity contribution in [1.29, 1.82) is 0 Å². The van der Waals surface area contributed by atoms with Crippen LogP contribution in [0.5, 0.6) is 0 Å². The fourth-order valence-corrected chi connectivity index (χ4v) is 3.35. The molecule has 0 spiro atoms. The lowest BCUT2D eigenvalue weighted by molar-refractivity contribution is -0.374. The Bertz CT molecular complexity index is 460. The van der Waals surface area contributed by atoms with Gasteiger partial charge in [-0.2, -0.15) is 0 Å². The van der Waals surface area contributed by atoms with E-state index in [1.165, 1.54) is 0 Å². The van der Waals surface area contributed by atoms with Crippen molar-refractivity contribution < 1.29 is 56.8 Å². The molecule has 0 atom stereocenters. The van der Waals surface area contributed by atoms with Crippen molar-refractivity contribution >= 4 is 0 Å². The Kier molecular flexibility index (Phi) is 36.6. The summed E-state index contributed by atoms with van der Waals surface area (Å²) in [4.78, 5) is 0. The van der Waals surface area contributed by atoms with Crippen molar-refractivity contribution in [3.8, 4) is 0 Å². The van der Waals surface area contributed by atoms with Gasteiger partial charge in [0, 0.05) is 26.7 Å². The fourth-order valence-electron chi connectivity index (χ4n) is 3.35. The van der Waals surface area contributed by atoms with E-state index >= 15 is 0 Å². The van der Waals surface area contributed by atoms with E-state index in [-0.39, 0.29) is 0 Å². The summed E-state index contributed by atoms with van der Waals surface area (Å²) in [6.45, 7) is 18.9. The van der Waals surface area contributed by atoms with E-state index in [9.17, 15) is 0 Å². The first-order chi connectivity index (χ1) is 21.7. The summed E-state index contributed by atoms with van der Waals surface area (Å²) < 4.78 is 67.5. The molecule has 0 saturated heterocycles. The Labute approximate surface area is 267 Å². The van der Waals surface area contributed by atoms with Crippen molar-refractivity contribution in [1.82, 2.24) is 0 Å². The van der Waals surface area contributed by atoms with Crippen LogP contribution in [-0.2, 0) is 56.8 Å². The van der Waals surface area contributed by atoms with E-state index < -0.39 is 5.97 Å². The number of hydrogen-bond donors (Lipinski definition) is 0. The molecule has 0 heterocycles. The summed E-state index contributed by atoms with van der Waals surface area (Å²) in [5.41, 5.74) is 0. The largest absolute Gasteiger partial charge is 0.379 e. The Morgan fingerprint density at radius 3 is 0.659 bits per heavy atom. The molecule has 0 amide bonds.